The number of hydrogen-bond acceptors (Lipinski definition) is 3. The van der Waals surface area contributed by atoms with Gasteiger partial charge in [0.2, 0.25) is 0 Å². The molecule has 1 aromatic rings. The van der Waals surface area contributed by atoms with E-state index in [1.165, 1.54) is 18.5 Å². The Bertz CT molecular complexity index is 349. The maximum Gasteiger partial charge on any atom is 0.127 e. The SMILES string of the molecule is CNc1cc(N(CCC(C)C)CCC(C)C)ccn1. The average Bonchev–Trinajstić information content (AvgIpc) is 2.38. The van der Waals surface area contributed by atoms with E-state index in [4.69, 9.17) is 0 Å². The molecule has 1 rings (SSSR count). The van der Waals surface area contributed by atoms with E-state index in [9.17, 15) is 0 Å². The fourth-order valence-electron chi connectivity index (χ4n) is 1.95. The standard InChI is InChI=1S/C16H29N3/c1-13(2)7-10-19(11-8-14(3)4)15-6-9-18-16(12-15)17-5/h6,9,12-14H,7-8,10-11H2,1-5H3,(H,17,18). The van der Waals surface area contributed by atoms with Crippen LogP contribution >= 0.6 is 0 Å². The molecule has 0 atom stereocenters. The minimum absolute atomic E-state index is 0.743. The second kappa shape index (κ2) is 8.03. The lowest BCUT2D eigenvalue weighted by Gasteiger charge is -2.26. The lowest BCUT2D eigenvalue weighted by Crippen LogP contribution is -2.27. The molecule has 3 heteroatoms. The number of aromatic nitrogens is 1. The largest absolute Gasteiger partial charge is 0.373 e. The highest BCUT2D eigenvalue weighted by Gasteiger charge is 2.09. The molecule has 0 bridgehead atoms. The van der Waals surface area contributed by atoms with Gasteiger partial charge in [-0.25, -0.2) is 4.98 Å². The van der Waals surface area contributed by atoms with Crippen molar-refractivity contribution in [3.63, 3.8) is 0 Å². The maximum atomic E-state index is 4.29. The fraction of sp³-hybridized carbons (Fsp3) is 0.688. The van der Waals surface area contributed by atoms with Crippen molar-refractivity contribution in [2.75, 3.05) is 30.4 Å². The zero-order valence-electron chi connectivity index (χ0n) is 13.1. The van der Waals surface area contributed by atoms with Crippen LogP contribution in [0.3, 0.4) is 0 Å². The second-order valence-electron chi connectivity index (χ2n) is 6.00. The van der Waals surface area contributed by atoms with Gasteiger partial charge in [0.05, 0.1) is 0 Å². The van der Waals surface area contributed by atoms with Crippen molar-refractivity contribution in [1.29, 1.82) is 0 Å². The Morgan fingerprint density at radius 3 is 2.16 bits per heavy atom. The zero-order chi connectivity index (χ0) is 14.3. The molecule has 19 heavy (non-hydrogen) atoms. The Labute approximate surface area is 118 Å². The van der Waals surface area contributed by atoms with Crippen LogP contribution in [0, 0.1) is 11.8 Å². The number of rotatable bonds is 8. The predicted octanol–water partition coefficient (Wildman–Crippen LogP) is 4.02. The maximum absolute atomic E-state index is 4.29. The number of pyridine rings is 1. The first kappa shape index (κ1) is 15.8. The lowest BCUT2D eigenvalue weighted by molar-refractivity contribution is 0.535. The third-order valence-corrected chi connectivity index (χ3v) is 3.32. The summed E-state index contributed by atoms with van der Waals surface area (Å²) in [5, 5.41) is 3.11. The van der Waals surface area contributed by atoms with Gasteiger partial charge < -0.3 is 10.2 Å². The summed E-state index contributed by atoms with van der Waals surface area (Å²) in [7, 11) is 1.92. The summed E-state index contributed by atoms with van der Waals surface area (Å²) in [4.78, 5) is 6.78. The molecular weight excluding hydrogens is 234 g/mol. The van der Waals surface area contributed by atoms with Crippen LogP contribution in [-0.4, -0.2) is 25.1 Å². The van der Waals surface area contributed by atoms with Crippen molar-refractivity contribution in [3.05, 3.63) is 18.3 Å². The van der Waals surface area contributed by atoms with E-state index in [1.807, 2.05) is 13.2 Å². The molecule has 0 spiro atoms. The molecule has 0 aliphatic carbocycles. The highest BCUT2D eigenvalue weighted by atomic mass is 15.1. The topological polar surface area (TPSA) is 28.2 Å². The Balaban J connectivity index is 2.74. The van der Waals surface area contributed by atoms with E-state index in [0.29, 0.717) is 0 Å². The summed E-state index contributed by atoms with van der Waals surface area (Å²) < 4.78 is 0. The van der Waals surface area contributed by atoms with Gasteiger partial charge in [0.25, 0.3) is 0 Å². The van der Waals surface area contributed by atoms with Crippen LogP contribution in [0.25, 0.3) is 0 Å². The van der Waals surface area contributed by atoms with E-state index < -0.39 is 0 Å². The van der Waals surface area contributed by atoms with Crippen LogP contribution < -0.4 is 10.2 Å². The molecule has 0 amide bonds. The number of hydrogen-bond donors (Lipinski definition) is 1. The minimum Gasteiger partial charge on any atom is -0.373 e. The Morgan fingerprint density at radius 1 is 1.11 bits per heavy atom. The molecule has 0 unspecified atom stereocenters. The molecule has 1 heterocycles. The van der Waals surface area contributed by atoms with E-state index in [2.05, 4.69) is 55.0 Å². The summed E-state index contributed by atoms with van der Waals surface area (Å²) in [5.74, 6) is 2.43. The summed E-state index contributed by atoms with van der Waals surface area (Å²) in [6, 6.07) is 4.25. The Kier molecular flexibility index (Phi) is 6.68. The molecular formula is C16H29N3. The van der Waals surface area contributed by atoms with Gasteiger partial charge in [-0.1, -0.05) is 27.7 Å². The van der Waals surface area contributed by atoms with Crippen LogP contribution in [0.2, 0.25) is 0 Å². The molecule has 0 saturated carbocycles. The fourth-order valence-corrected chi connectivity index (χ4v) is 1.95. The van der Waals surface area contributed by atoms with Crippen LogP contribution in [0.15, 0.2) is 18.3 Å². The average molecular weight is 263 g/mol. The quantitative estimate of drug-likeness (QED) is 0.767. The van der Waals surface area contributed by atoms with E-state index in [0.717, 1.165) is 30.7 Å². The molecule has 1 aromatic heterocycles. The van der Waals surface area contributed by atoms with Crippen molar-refractivity contribution in [1.82, 2.24) is 4.98 Å². The van der Waals surface area contributed by atoms with Gasteiger partial charge in [0.1, 0.15) is 5.82 Å². The van der Waals surface area contributed by atoms with Crippen LogP contribution in [0.4, 0.5) is 11.5 Å². The van der Waals surface area contributed by atoms with Crippen molar-refractivity contribution < 1.29 is 0 Å². The Morgan fingerprint density at radius 2 is 1.68 bits per heavy atom. The normalized spacial score (nSPS) is 11.1. The summed E-state index contributed by atoms with van der Waals surface area (Å²) in [5.41, 5.74) is 1.28. The highest BCUT2D eigenvalue weighted by Crippen LogP contribution is 2.19. The van der Waals surface area contributed by atoms with Crippen molar-refractivity contribution >= 4 is 11.5 Å². The van der Waals surface area contributed by atoms with Gasteiger partial charge in [-0.3, -0.25) is 0 Å². The van der Waals surface area contributed by atoms with E-state index in [1.54, 1.807) is 0 Å². The smallest absolute Gasteiger partial charge is 0.127 e. The Hall–Kier alpha value is -1.25. The third-order valence-electron chi connectivity index (χ3n) is 3.32. The van der Waals surface area contributed by atoms with Crippen LogP contribution in [0.5, 0.6) is 0 Å². The zero-order valence-corrected chi connectivity index (χ0v) is 13.1. The number of anilines is 2. The summed E-state index contributed by atoms with van der Waals surface area (Å²) in [6.45, 7) is 11.4. The van der Waals surface area contributed by atoms with Crippen molar-refractivity contribution in [3.8, 4) is 0 Å². The van der Waals surface area contributed by atoms with Gasteiger partial charge in [-0.05, 0) is 30.7 Å². The monoisotopic (exact) mass is 263 g/mol. The third kappa shape index (κ3) is 5.95. The molecule has 0 aromatic carbocycles. The van der Waals surface area contributed by atoms with Crippen molar-refractivity contribution in [2.45, 2.75) is 40.5 Å². The molecule has 1 N–H and O–H groups in total. The van der Waals surface area contributed by atoms with Gasteiger partial charge >= 0.3 is 0 Å². The van der Waals surface area contributed by atoms with E-state index in [-0.39, 0.29) is 0 Å². The lowest BCUT2D eigenvalue weighted by atomic mass is 10.1. The van der Waals surface area contributed by atoms with Gasteiger partial charge in [-0.2, -0.15) is 0 Å². The first-order valence-corrected chi connectivity index (χ1v) is 7.41. The molecule has 0 saturated heterocycles. The molecule has 3 nitrogen and oxygen atoms in total. The molecule has 0 fully saturated rings. The minimum atomic E-state index is 0.743. The molecule has 0 aliphatic rings. The molecule has 108 valence electrons. The molecule has 0 radical (unpaired) electrons. The van der Waals surface area contributed by atoms with E-state index >= 15 is 0 Å². The van der Waals surface area contributed by atoms with Gasteiger partial charge in [0.15, 0.2) is 0 Å². The first-order chi connectivity index (χ1) is 9.02. The van der Waals surface area contributed by atoms with Crippen molar-refractivity contribution in [2.24, 2.45) is 11.8 Å². The van der Waals surface area contributed by atoms with Crippen LogP contribution in [-0.2, 0) is 0 Å². The first-order valence-electron chi connectivity index (χ1n) is 7.41. The van der Waals surface area contributed by atoms with Gasteiger partial charge in [-0.15, -0.1) is 0 Å². The molecule has 0 aliphatic heterocycles. The number of nitrogens with one attached hydrogen (secondary N) is 1. The predicted molar refractivity (Wildman–Crippen MR) is 84.9 cm³/mol. The second-order valence-corrected chi connectivity index (χ2v) is 6.00. The highest BCUT2D eigenvalue weighted by molar-refractivity contribution is 5.53. The van der Waals surface area contributed by atoms with Crippen LogP contribution in [0.1, 0.15) is 40.5 Å². The van der Waals surface area contributed by atoms with Gasteiger partial charge in [0, 0.05) is 38.1 Å². The summed E-state index contributed by atoms with van der Waals surface area (Å²) >= 11 is 0. The number of nitrogens with zero attached hydrogens (tertiary/aromatic N) is 2. The summed E-state index contributed by atoms with van der Waals surface area (Å²) in [6.07, 6.45) is 4.35.